The summed E-state index contributed by atoms with van der Waals surface area (Å²) in [5.41, 5.74) is 0.896. The first-order valence-electron chi connectivity index (χ1n) is 6.70. The third-order valence-corrected chi connectivity index (χ3v) is 3.77. The first-order valence-corrected chi connectivity index (χ1v) is 7.07. The van der Waals surface area contributed by atoms with Crippen LogP contribution < -0.4 is 10.1 Å². The molecule has 3 nitrogen and oxygen atoms in total. The molecule has 0 radical (unpaired) electrons. The van der Waals surface area contributed by atoms with Gasteiger partial charge in [-0.05, 0) is 31.5 Å². The number of benzene rings is 1. The van der Waals surface area contributed by atoms with E-state index in [4.69, 9.17) is 16.3 Å². The number of nitrogens with one attached hydrogen (secondary N) is 1. The Balaban J connectivity index is 0.00000200. The van der Waals surface area contributed by atoms with Gasteiger partial charge in [0.2, 0.25) is 0 Å². The van der Waals surface area contributed by atoms with Gasteiger partial charge in [-0.1, -0.05) is 11.6 Å². The van der Waals surface area contributed by atoms with Gasteiger partial charge in [-0.2, -0.15) is 0 Å². The summed E-state index contributed by atoms with van der Waals surface area (Å²) in [6.07, 6.45) is 0. The van der Waals surface area contributed by atoms with Gasteiger partial charge in [0.25, 0.3) is 0 Å². The van der Waals surface area contributed by atoms with Crippen LogP contribution in [0.3, 0.4) is 0 Å². The minimum Gasteiger partial charge on any atom is -0.489 e. The lowest BCUT2D eigenvalue weighted by atomic mass is 10.1. The third kappa shape index (κ3) is 5.15. The second-order valence-electron chi connectivity index (χ2n) is 4.71. The van der Waals surface area contributed by atoms with Gasteiger partial charge in [-0.3, -0.25) is 4.90 Å². The van der Waals surface area contributed by atoms with Crippen molar-refractivity contribution in [3.63, 3.8) is 0 Å². The number of hydrogen-bond donors (Lipinski definition) is 1. The number of rotatable bonds is 4. The van der Waals surface area contributed by atoms with Crippen LogP contribution in [0, 0.1) is 5.82 Å². The molecule has 1 fully saturated rings. The summed E-state index contributed by atoms with van der Waals surface area (Å²) < 4.78 is 19.2. The molecule has 0 unspecified atom stereocenters. The molecule has 0 amide bonds. The van der Waals surface area contributed by atoms with Gasteiger partial charge in [0, 0.05) is 32.2 Å². The number of hydrogen-bond acceptors (Lipinski definition) is 3. The zero-order chi connectivity index (χ0) is 13.8. The van der Waals surface area contributed by atoms with Gasteiger partial charge in [0.05, 0.1) is 11.6 Å². The van der Waals surface area contributed by atoms with Crippen molar-refractivity contribution in [2.75, 3.05) is 32.8 Å². The van der Waals surface area contributed by atoms with Crippen LogP contribution in [0.15, 0.2) is 12.1 Å². The van der Waals surface area contributed by atoms with E-state index >= 15 is 0 Å². The predicted octanol–water partition coefficient (Wildman–Crippen LogP) is 3.69. The Kier molecular flexibility index (Phi) is 9.58. The van der Waals surface area contributed by atoms with Crippen molar-refractivity contribution in [2.45, 2.75) is 19.9 Å². The van der Waals surface area contributed by atoms with Crippen LogP contribution in [0.5, 0.6) is 5.75 Å². The summed E-state index contributed by atoms with van der Waals surface area (Å²) in [6.45, 7) is 8.17. The topological polar surface area (TPSA) is 24.5 Å². The van der Waals surface area contributed by atoms with Gasteiger partial charge < -0.3 is 10.1 Å². The smallest absolute Gasteiger partial charge is 0.173 e. The van der Waals surface area contributed by atoms with Crippen LogP contribution in [0.1, 0.15) is 25.5 Å². The Morgan fingerprint density at radius 2 is 1.95 bits per heavy atom. The van der Waals surface area contributed by atoms with Gasteiger partial charge in [0.1, 0.15) is 0 Å². The van der Waals surface area contributed by atoms with E-state index in [-0.39, 0.29) is 42.4 Å². The highest BCUT2D eigenvalue weighted by molar-refractivity contribution is 6.32. The van der Waals surface area contributed by atoms with Crippen molar-refractivity contribution in [1.82, 2.24) is 10.2 Å². The maximum Gasteiger partial charge on any atom is 0.173 e. The molecular weight excluding hydrogens is 338 g/mol. The molecule has 0 aliphatic carbocycles. The Bertz CT molecular complexity index is 419. The normalized spacial score (nSPS) is 16.6. The van der Waals surface area contributed by atoms with Crippen molar-refractivity contribution in [2.24, 2.45) is 0 Å². The van der Waals surface area contributed by atoms with Crippen LogP contribution in [0.2, 0.25) is 5.02 Å². The third-order valence-electron chi connectivity index (χ3n) is 3.49. The number of ether oxygens (including phenoxy) is 1. The second-order valence-corrected chi connectivity index (χ2v) is 5.12. The van der Waals surface area contributed by atoms with Crippen LogP contribution in [-0.2, 0) is 0 Å². The van der Waals surface area contributed by atoms with E-state index in [9.17, 15) is 4.39 Å². The maximum absolute atomic E-state index is 14.0. The summed E-state index contributed by atoms with van der Waals surface area (Å²) in [4.78, 5) is 2.32. The van der Waals surface area contributed by atoms with E-state index in [1.54, 1.807) is 0 Å². The fourth-order valence-corrected chi connectivity index (χ4v) is 2.65. The van der Waals surface area contributed by atoms with Gasteiger partial charge in [0.15, 0.2) is 11.6 Å². The van der Waals surface area contributed by atoms with E-state index in [1.807, 2.05) is 13.0 Å². The van der Waals surface area contributed by atoms with Crippen molar-refractivity contribution in [3.05, 3.63) is 28.5 Å². The number of halogens is 4. The fraction of sp³-hybridized carbons (Fsp3) is 0.571. The van der Waals surface area contributed by atoms with E-state index in [2.05, 4.69) is 17.1 Å². The molecule has 0 aromatic heterocycles. The second kappa shape index (κ2) is 9.70. The van der Waals surface area contributed by atoms with Crippen LogP contribution in [0.25, 0.3) is 0 Å². The van der Waals surface area contributed by atoms with Crippen molar-refractivity contribution >= 4 is 36.4 Å². The van der Waals surface area contributed by atoms with E-state index in [1.165, 1.54) is 6.07 Å². The molecule has 1 aliphatic heterocycles. The zero-order valence-electron chi connectivity index (χ0n) is 12.2. The van der Waals surface area contributed by atoms with Gasteiger partial charge >= 0.3 is 0 Å². The average molecular weight is 360 g/mol. The Hall–Kier alpha value is -0.260. The minimum atomic E-state index is -0.383. The first kappa shape index (κ1) is 20.7. The van der Waals surface area contributed by atoms with Gasteiger partial charge in [-0.25, -0.2) is 4.39 Å². The summed E-state index contributed by atoms with van der Waals surface area (Å²) in [5.74, 6) is -0.230. The Morgan fingerprint density at radius 3 is 2.48 bits per heavy atom. The molecule has 1 atom stereocenters. The summed E-state index contributed by atoms with van der Waals surface area (Å²) in [7, 11) is 0. The molecule has 1 saturated heterocycles. The van der Waals surface area contributed by atoms with Gasteiger partial charge in [-0.15, -0.1) is 24.8 Å². The molecule has 1 aliphatic rings. The molecule has 1 N–H and O–H groups in total. The first-order chi connectivity index (χ1) is 9.13. The lowest BCUT2D eigenvalue weighted by Gasteiger charge is -2.33. The molecule has 1 heterocycles. The monoisotopic (exact) mass is 358 g/mol. The highest BCUT2D eigenvalue weighted by Crippen LogP contribution is 2.33. The van der Waals surface area contributed by atoms with Crippen LogP contribution in [0.4, 0.5) is 4.39 Å². The molecule has 0 bridgehead atoms. The lowest BCUT2D eigenvalue weighted by Crippen LogP contribution is -2.44. The molecule has 1 aromatic carbocycles. The molecule has 1 aromatic rings. The van der Waals surface area contributed by atoms with Crippen molar-refractivity contribution < 1.29 is 9.13 Å². The van der Waals surface area contributed by atoms with Crippen LogP contribution in [-0.4, -0.2) is 37.7 Å². The van der Waals surface area contributed by atoms with Crippen molar-refractivity contribution in [3.8, 4) is 5.75 Å². The molecular formula is C14H22Cl3FN2O. The van der Waals surface area contributed by atoms with E-state index in [0.717, 1.165) is 31.7 Å². The minimum absolute atomic E-state index is 0. The molecule has 0 saturated carbocycles. The molecule has 0 spiro atoms. The summed E-state index contributed by atoms with van der Waals surface area (Å²) >= 11 is 6.10. The molecule has 21 heavy (non-hydrogen) atoms. The Morgan fingerprint density at radius 1 is 1.33 bits per heavy atom. The molecule has 2 rings (SSSR count). The Labute approximate surface area is 143 Å². The average Bonchev–Trinajstić information content (AvgIpc) is 2.43. The standard InChI is InChI=1S/C14H20ClFN2O.2ClH/c1-3-19-14-12(15)8-11(9-13(14)16)10(2)18-6-4-17-5-7-18;;/h8-10,17H,3-7H2,1-2H3;2*1H/t10-;;/m1../s1. The number of nitrogens with zero attached hydrogens (tertiary/aromatic N) is 1. The van der Waals surface area contributed by atoms with E-state index < -0.39 is 0 Å². The van der Waals surface area contributed by atoms with E-state index in [0.29, 0.717) is 11.6 Å². The maximum atomic E-state index is 14.0. The quantitative estimate of drug-likeness (QED) is 0.887. The zero-order valence-corrected chi connectivity index (χ0v) is 14.6. The molecule has 122 valence electrons. The van der Waals surface area contributed by atoms with Crippen LogP contribution >= 0.6 is 36.4 Å². The summed E-state index contributed by atoms with van der Waals surface area (Å²) in [6, 6.07) is 3.50. The fourth-order valence-electron chi connectivity index (χ4n) is 2.38. The predicted molar refractivity (Wildman–Crippen MR) is 89.9 cm³/mol. The molecule has 7 heteroatoms. The highest BCUT2D eigenvalue weighted by Gasteiger charge is 2.20. The largest absolute Gasteiger partial charge is 0.489 e. The van der Waals surface area contributed by atoms with Crippen molar-refractivity contribution in [1.29, 1.82) is 0 Å². The SMILES string of the molecule is CCOc1c(F)cc([C@@H](C)N2CCNCC2)cc1Cl.Cl.Cl. The highest BCUT2D eigenvalue weighted by atomic mass is 35.5. The lowest BCUT2D eigenvalue weighted by molar-refractivity contribution is 0.185. The number of piperazine rings is 1. The summed E-state index contributed by atoms with van der Waals surface area (Å²) in [5, 5.41) is 3.65.